The van der Waals surface area contributed by atoms with E-state index in [1.807, 2.05) is 54.6 Å². The smallest absolute Gasteiger partial charge is 0.267 e. The molecule has 0 radical (unpaired) electrons. The summed E-state index contributed by atoms with van der Waals surface area (Å²) in [6.07, 6.45) is 4.72. The lowest BCUT2D eigenvalue weighted by Gasteiger charge is -2.12. The van der Waals surface area contributed by atoms with Crippen LogP contribution in [0.15, 0.2) is 111 Å². The summed E-state index contributed by atoms with van der Waals surface area (Å²) in [6.45, 7) is 0.187. The normalized spacial score (nSPS) is 15.8. The minimum Gasteiger partial charge on any atom is -0.507 e. The molecule has 3 aromatic carbocycles. The highest BCUT2D eigenvalue weighted by Gasteiger charge is 2.34. The minimum atomic E-state index is -0.284. The second kappa shape index (κ2) is 11.2. The molecule has 0 spiro atoms. The Morgan fingerprint density at radius 1 is 1.00 bits per heavy atom. The molecule has 4 aromatic rings. The van der Waals surface area contributed by atoms with E-state index in [0.717, 1.165) is 23.1 Å². The van der Waals surface area contributed by atoms with E-state index in [0.29, 0.717) is 32.2 Å². The van der Waals surface area contributed by atoms with Crippen LogP contribution < -0.4 is 4.74 Å². The molecule has 2 heterocycles. The topological polar surface area (TPSA) is 87.6 Å². The number of hydrogen-bond donors (Lipinski definition) is 1. The van der Waals surface area contributed by atoms with Gasteiger partial charge in [0, 0.05) is 10.6 Å². The number of phenols is 1. The second-order valence-corrected chi connectivity index (χ2v) is 9.34. The predicted molar refractivity (Wildman–Crippen MR) is 146 cm³/mol. The van der Waals surface area contributed by atoms with E-state index in [2.05, 4.69) is 10.2 Å². The molecule has 184 valence electrons. The monoisotopic (exact) mass is 529 g/mol. The van der Waals surface area contributed by atoms with Crippen LogP contribution in [0.5, 0.6) is 17.2 Å². The summed E-state index contributed by atoms with van der Waals surface area (Å²) in [6, 6.07) is 25.1. The second-order valence-electron chi connectivity index (χ2n) is 7.90. The summed E-state index contributed by atoms with van der Waals surface area (Å²) in [7, 11) is 0. The third-order valence-corrected chi connectivity index (χ3v) is 6.48. The Morgan fingerprint density at radius 2 is 1.84 bits per heavy atom. The molecule has 5 rings (SSSR count). The summed E-state index contributed by atoms with van der Waals surface area (Å²) in [5.74, 6) is 1.73. The van der Waals surface area contributed by atoms with Gasteiger partial charge in [-0.25, -0.2) is 0 Å². The van der Waals surface area contributed by atoms with Gasteiger partial charge in [0.2, 0.25) is 0 Å². The first-order chi connectivity index (χ1) is 18.0. The predicted octanol–water partition coefficient (Wildman–Crippen LogP) is 6.94. The number of hydrogen-bond acceptors (Lipinski definition) is 7. The quantitative estimate of drug-likeness (QED) is 0.159. The summed E-state index contributed by atoms with van der Waals surface area (Å²) < 4.78 is 11.3. The Kier molecular flexibility index (Phi) is 7.39. The van der Waals surface area contributed by atoms with Gasteiger partial charge in [-0.2, -0.15) is 5.10 Å². The summed E-state index contributed by atoms with van der Waals surface area (Å²) >= 11 is 7.22. The van der Waals surface area contributed by atoms with Crippen molar-refractivity contribution in [2.24, 2.45) is 10.2 Å². The number of carbonyl (C=O) groups excluding carboxylic acids is 1. The molecule has 1 N–H and O–H groups in total. The molecule has 0 saturated carbocycles. The van der Waals surface area contributed by atoms with Crippen LogP contribution >= 0.6 is 23.4 Å². The third-order valence-electron chi connectivity index (χ3n) is 5.25. The third kappa shape index (κ3) is 6.11. The molecule has 0 atom stereocenters. The number of para-hydroxylation sites is 1. The van der Waals surface area contributed by atoms with E-state index >= 15 is 0 Å². The maximum Gasteiger partial charge on any atom is 0.267 e. The van der Waals surface area contributed by atoms with Gasteiger partial charge in [0.25, 0.3) is 5.91 Å². The van der Waals surface area contributed by atoms with E-state index < -0.39 is 0 Å². The van der Waals surface area contributed by atoms with Crippen molar-refractivity contribution >= 4 is 46.7 Å². The number of nitrogens with zero attached hydrogens (tertiary/aromatic N) is 3. The highest BCUT2D eigenvalue weighted by atomic mass is 35.5. The molecular formula is C28H20ClN3O4S. The fraction of sp³-hybridized carbons (Fsp3) is 0.0357. The average molecular weight is 530 g/mol. The largest absolute Gasteiger partial charge is 0.507 e. The molecule has 1 aliphatic heterocycles. The van der Waals surface area contributed by atoms with Gasteiger partial charge in [-0.15, -0.1) is 5.10 Å². The number of aromatic hydroxyl groups is 1. The fourth-order valence-corrected chi connectivity index (χ4v) is 4.60. The Bertz CT molecular complexity index is 1500. The fourth-order valence-electron chi connectivity index (χ4n) is 3.49. The van der Waals surface area contributed by atoms with Crippen molar-refractivity contribution in [3.63, 3.8) is 0 Å². The number of thioether (sulfide) groups is 1. The van der Waals surface area contributed by atoms with Gasteiger partial charge >= 0.3 is 0 Å². The zero-order chi connectivity index (χ0) is 25.6. The Labute approximate surface area is 222 Å². The highest BCUT2D eigenvalue weighted by molar-refractivity contribution is 8.18. The van der Waals surface area contributed by atoms with Crippen molar-refractivity contribution in [1.29, 1.82) is 0 Å². The molecule has 37 heavy (non-hydrogen) atoms. The molecule has 0 aliphatic carbocycles. The van der Waals surface area contributed by atoms with Crippen LogP contribution in [0.3, 0.4) is 0 Å². The number of ether oxygens (including phenoxy) is 1. The SMILES string of the molecule is O=C1/C(=C/c2cc(Cl)ccc2O)S/C(=N/N=C\c2cccc(Oc3ccccc3)c2)N1Cc1ccco1. The molecule has 1 saturated heterocycles. The molecule has 1 aliphatic rings. The average Bonchev–Trinajstić information content (AvgIpc) is 3.51. The van der Waals surface area contributed by atoms with Crippen molar-refractivity contribution in [2.45, 2.75) is 6.54 Å². The maximum atomic E-state index is 13.2. The lowest BCUT2D eigenvalue weighted by molar-refractivity contribution is -0.122. The highest BCUT2D eigenvalue weighted by Crippen LogP contribution is 2.35. The number of carbonyl (C=O) groups is 1. The number of furan rings is 1. The number of halogens is 1. The summed E-state index contributed by atoms with van der Waals surface area (Å²) in [4.78, 5) is 15.1. The zero-order valence-corrected chi connectivity index (χ0v) is 20.9. The van der Waals surface area contributed by atoms with Crippen LogP contribution in [-0.4, -0.2) is 27.3 Å². The van der Waals surface area contributed by atoms with Gasteiger partial charge in [-0.3, -0.25) is 9.69 Å². The lowest BCUT2D eigenvalue weighted by Crippen LogP contribution is -2.28. The molecule has 7 nitrogen and oxygen atoms in total. The van der Waals surface area contributed by atoms with Crippen LogP contribution in [0.2, 0.25) is 5.02 Å². The van der Waals surface area contributed by atoms with Gasteiger partial charge in [0.05, 0.1) is 23.9 Å². The number of rotatable bonds is 7. The van der Waals surface area contributed by atoms with Crippen molar-refractivity contribution in [3.05, 3.63) is 118 Å². The van der Waals surface area contributed by atoms with E-state index in [-0.39, 0.29) is 18.2 Å². The Balaban J connectivity index is 1.39. The van der Waals surface area contributed by atoms with E-state index in [4.69, 9.17) is 20.8 Å². The van der Waals surface area contributed by atoms with Gasteiger partial charge in [-0.1, -0.05) is 41.9 Å². The van der Waals surface area contributed by atoms with Crippen molar-refractivity contribution in [2.75, 3.05) is 0 Å². The Hall–Kier alpha value is -4.27. The minimum absolute atomic E-state index is 0.0175. The van der Waals surface area contributed by atoms with Gasteiger partial charge < -0.3 is 14.3 Å². The molecule has 0 unspecified atom stereocenters. The number of amidine groups is 1. The first kappa shape index (κ1) is 24.4. The summed E-state index contributed by atoms with van der Waals surface area (Å²) in [5, 5.41) is 19.6. The maximum absolute atomic E-state index is 13.2. The molecular weight excluding hydrogens is 510 g/mol. The molecule has 0 bridgehead atoms. The molecule has 1 aromatic heterocycles. The van der Waals surface area contributed by atoms with Gasteiger partial charge in [-0.05, 0) is 78.0 Å². The van der Waals surface area contributed by atoms with Crippen molar-refractivity contribution in [3.8, 4) is 17.2 Å². The lowest BCUT2D eigenvalue weighted by atomic mass is 10.2. The first-order valence-corrected chi connectivity index (χ1v) is 12.4. The van der Waals surface area contributed by atoms with Crippen LogP contribution in [0.4, 0.5) is 0 Å². The van der Waals surface area contributed by atoms with Crippen molar-refractivity contribution in [1.82, 2.24) is 4.90 Å². The number of amides is 1. The van der Waals surface area contributed by atoms with Crippen molar-refractivity contribution < 1.29 is 19.1 Å². The van der Waals surface area contributed by atoms with E-state index in [1.165, 1.54) is 11.0 Å². The van der Waals surface area contributed by atoms with Crippen LogP contribution in [0, 0.1) is 0 Å². The zero-order valence-electron chi connectivity index (χ0n) is 19.3. The van der Waals surface area contributed by atoms with Gasteiger partial charge in [0.15, 0.2) is 5.17 Å². The molecule has 9 heteroatoms. The summed E-state index contributed by atoms with van der Waals surface area (Å²) in [5.41, 5.74) is 1.21. The van der Waals surface area contributed by atoms with E-state index in [1.54, 1.807) is 42.8 Å². The Morgan fingerprint density at radius 3 is 2.65 bits per heavy atom. The number of phenolic OH excluding ortho intramolecular Hbond substituents is 1. The molecule has 1 fully saturated rings. The van der Waals surface area contributed by atoms with Crippen LogP contribution in [0.25, 0.3) is 6.08 Å². The van der Waals surface area contributed by atoms with Crippen LogP contribution in [-0.2, 0) is 11.3 Å². The van der Waals surface area contributed by atoms with Crippen LogP contribution in [0.1, 0.15) is 16.9 Å². The van der Waals surface area contributed by atoms with Gasteiger partial charge in [0.1, 0.15) is 23.0 Å². The first-order valence-electron chi connectivity index (χ1n) is 11.2. The standard InChI is InChI=1S/C28H20ClN3O4S/c29-21-11-12-25(33)20(15-21)16-26-27(34)32(18-24-10-5-13-35-24)28(37-26)31-30-17-19-6-4-9-23(14-19)36-22-7-2-1-3-8-22/h1-17,33H,18H2/b26-16-,30-17-,31-28+. The molecule has 1 amide bonds. The number of benzene rings is 3. The van der Waals surface area contributed by atoms with E-state index in [9.17, 15) is 9.90 Å².